The smallest absolute Gasteiger partial charge is 0.134 e. The van der Waals surface area contributed by atoms with Crippen molar-refractivity contribution >= 4 is 29.2 Å². The fourth-order valence-electron chi connectivity index (χ4n) is 1.50. The summed E-state index contributed by atoms with van der Waals surface area (Å²) in [5.74, 6) is 2.00. The van der Waals surface area contributed by atoms with E-state index in [-0.39, 0.29) is 0 Å². The fraction of sp³-hybridized carbons (Fsp3) is 0.286. The molecule has 19 heavy (non-hydrogen) atoms. The summed E-state index contributed by atoms with van der Waals surface area (Å²) in [6.45, 7) is 4.18. The van der Waals surface area contributed by atoms with Gasteiger partial charge in [-0.2, -0.15) is 0 Å². The van der Waals surface area contributed by atoms with Gasteiger partial charge in [0.05, 0.1) is 0 Å². The lowest BCUT2D eigenvalue weighted by Crippen LogP contribution is -2.02. The maximum Gasteiger partial charge on any atom is 0.134 e. The predicted octanol–water partition coefficient (Wildman–Crippen LogP) is 4.45. The van der Waals surface area contributed by atoms with Gasteiger partial charge < -0.3 is 5.32 Å². The van der Waals surface area contributed by atoms with Gasteiger partial charge in [-0.15, -0.1) is 0 Å². The van der Waals surface area contributed by atoms with Crippen molar-refractivity contribution < 1.29 is 0 Å². The van der Waals surface area contributed by atoms with Gasteiger partial charge in [0.15, 0.2) is 0 Å². The molecule has 1 heterocycles. The van der Waals surface area contributed by atoms with E-state index in [1.165, 1.54) is 0 Å². The van der Waals surface area contributed by atoms with Crippen LogP contribution in [0.1, 0.15) is 25.6 Å². The van der Waals surface area contributed by atoms with Gasteiger partial charge in [0.1, 0.15) is 16.7 Å². The van der Waals surface area contributed by atoms with E-state index in [4.69, 9.17) is 11.6 Å². The van der Waals surface area contributed by atoms with Gasteiger partial charge in [-0.3, -0.25) is 0 Å². The number of benzene rings is 1. The number of anilines is 1. The Labute approximate surface area is 122 Å². The van der Waals surface area contributed by atoms with Crippen molar-refractivity contribution in [1.29, 1.82) is 0 Å². The van der Waals surface area contributed by atoms with Crippen molar-refractivity contribution in [2.45, 2.75) is 29.7 Å². The Hall–Kier alpha value is -1.26. The number of nitrogens with zero attached hydrogens (tertiary/aromatic N) is 2. The predicted molar refractivity (Wildman–Crippen MR) is 81.2 cm³/mol. The monoisotopic (exact) mass is 293 g/mol. The molecule has 2 aromatic rings. The quantitative estimate of drug-likeness (QED) is 0.845. The highest BCUT2D eigenvalue weighted by Crippen LogP contribution is 2.29. The minimum Gasteiger partial charge on any atom is -0.373 e. The first-order valence-electron chi connectivity index (χ1n) is 6.08. The molecule has 2 rings (SSSR count). The average molecular weight is 294 g/mol. The van der Waals surface area contributed by atoms with Crippen LogP contribution in [0.3, 0.4) is 0 Å². The van der Waals surface area contributed by atoms with Crippen molar-refractivity contribution in [3.63, 3.8) is 0 Å². The average Bonchev–Trinajstić information content (AvgIpc) is 2.41. The summed E-state index contributed by atoms with van der Waals surface area (Å²) in [6, 6.07) is 9.69. The summed E-state index contributed by atoms with van der Waals surface area (Å²) in [5, 5.41) is 4.75. The van der Waals surface area contributed by atoms with Gasteiger partial charge in [0, 0.05) is 29.0 Å². The number of hydrogen-bond acceptors (Lipinski definition) is 4. The largest absolute Gasteiger partial charge is 0.373 e. The second-order valence-corrected chi connectivity index (χ2v) is 5.94. The molecule has 1 N–H and O–H groups in total. The molecule has 0 spiro atoms. The summed E-state index contributed by atoms with van der Waals surface area (Å²) in [7, 11) is 1.86. The van der Waals surface area contributed by atoms with E-state index in [1.54, 1.807) is 11.8 Å². The third kappa shape index (κ3) is 3.85. The van der Waals surface area contributed by atoms with Gasteiger partial charge in [0.2, 0.25) is 0 Å². The molecule has 3 nitrogen and oxygen atoms in total. The molecule has 0 aliphatic rings. The van der Waals surface area contributed by atoms with Crippen LogP contribution >= 0.6 is 23.4 Å². The third-order valence-electron chi connectivity index (χ3n) is 2.53. The summed E-state index contributed by atoms with van der Waals surface area (Å²) in [5.41, 5.74) is 0. The van der Waals surface area contributed by atoms with Gasteiger partial charge in [-0.1, -0.05) is 37.2 Å². The molecule has 0 aliphatic carbocycles. The summed E-state index contributed by atoms with van der Waals surface area (Å²) in [4.78, 5) is 10.1. The second-order valence-electron chi connectivity index (χ2n) is 4.41. The van der Waals surface area contributed by atoms with Crippen LogP contribution in [0, 0.1) is 0 Å². The highest BCUT2D eigenvalue weighted by molar-refractivity contribution is 7.99. The lowest BCUT2D eigenvalue weighted by molar-refractivity contribution is 0.755. The Bertz CT molecular complexity index is 555. The lowest BCUT2D eigenvalue weighted by atomic mass is 10.2. The highest BCUT2D eigenvalue weighted by Gasteiger charge is 2.08. The molecule has 100 valence electrons. The van der Waals surface area contributed by atoms with Crippen LogP contribution in [0.4, 0.5) is 5.82 Å². The molecule has 1 aromatic carbocycles. The highest BCUT2D eigenvalue weighted by atomic mass is 35.5. The van der Waals surface area contributed by atoms with Crippen molar-refractivity contribution in [1.82, 2.24) is 9.97 Å². The summed E-state index contributed by atoms with van der Waals surface area (Å²) < 4.78 is 0. The van der Waals surface area contributed by atoms with Crippen LogP contribution in [0.25, 0.3) is 0 Å². The van der Waals surface area contributed by atoms with E-state index in [0.29, 0.717) is 5.92 Å². The van der Waals surface area contributed by atoms with Gasteiger partial charge in [-0.05, 0) is 24.3 Å². The molecular weight excluding hydrogens is 278 g/mol. The van der Waals surface area contributed by atoms with E-state index in [9.17, 15) is 0 Å². The molecule has 0 fully saturated rings. The number of halogens is 1. The van der Waals surface area contributed by atoms with Crippen molar-refractivity contribution in [2.75, 3.05) is 12.4 Å². The minimum atomic E-state index is 0.304. The van der Waals surface area contributed by atoms with Crippen LogP contribution in [0.2, 0.25) is 5.02 Å². The molecule has 0 unspecified atom stereocenters. The Balaban J connectivity index is 2.28. The number of hydrogen-bond donors (Lipinski definition) is 1. The zero-order valence-corrected chi connectivity index (χ0v) is 12.7. The van der Waals surface area contributed by atoms with E-state index >= 15 is 0 Å². The molecule has 5 heteroatoms. The molecule has 0 amide bonds. The zero-order chi connectivity index (χ0) is 13.8. The minimum absolute atomic E-state index is 0.304. The van der Waals surface area contributed by atoms with E-state index in [1.807, 2.05) is 37.4 Å². The Kier molecular flexibility index (Phi) is 4.66. The Morgan fingerprint density at radius 3 is 2.42 bits per heavy atom. The first kappa shape index (κ1) is 14.2. The topological polar surface area (TPSA) is 37.8 Å². The van der Waals surface area contributed by atoms with E-state index in [2.05, 4.69) is 29.1 Å². The van der Waals surface area contributed by atoms with Crippen molar-refractivity contribution in [2.24, 2.45) is 0 Å². The summed E-state index contributed by atoms with van der Waals surface area (Å²) in [6.07, 6.45) is 0. The van der Waals surface area contributed by atoms with Crippen LogP contribution in [-0.4, -0.2) is 17.0 Å². The van der Waals surface area contributed by atoms with Gasteiger partial charge in [-0.25, -0.2) is 9.97 Å². The third-order valence-corrected chi connectivity index (χ3v) is 3.71. The molecule has 0 atom stereocenters. The second kappa shape index (κ2) is 6.26. The molecule has 0 bridgehead atoms. The number of nitrogens with one attached hydrogen (secondary N) is 1. The molecule has 0 saturated carbocycles. The van der Waals surface area contributed by atoms with E-state index < -0.39 is 0 Å². The Morgan fingerprint density at radius 2 is 1.84 bits per heavy atom. The fourth-order valence-corrected chi connectivity index (χ4v) is 2.45. The van der Waals surface area contributed by atoms with Crippen molar-refractivity contribution in [3.05, 3.63) is 41.2 Å². The molecule has 0 aliphatic heterocycles. The van der Waals surface area contributed by atoms with Crippen LogP contribution in [-0.2, 0) is 0 Å². The first-order valence-corrected chi connectivity index (χ1v) is 7.28. The standard InChI is InChI=1S/C14H16ClN3S/c1-9(2)14-17-12(16-3)8-13(18-14)19-11-6-4-10(15)5-7-11/h4-9H,1-3H3,(H,16,17,18). The van der Waals surface area contributed by atoms with Gasteiger partial charge >= 0.3 is 0 Å². The van der Waals surface area contributed by atoms with Crippen LogP contribution in [0.5, 0.6) is 0 Å². The molecular formula is C14H16ClN3S. The lowest BCUT2D eigenvalue weighted by Gasteiger charge is -2.09. The summed E-state index contributed by atoms with van der Waals surface area (Å²) >= 11 is 7.49. The van der Waals surface area contributed by atoms with Crippen LogP contribution < -0.4 is 5.32 Å². The number of aromatic nitrogens is 2. The zero-order valence-electron chi connectivity index (χ0n) is 11.1. The van der Waals surface area contributed by atoms with E-state index in [0.717, 1.165) is 26.6 Å². The Morgan fingerprint density at radius 1 is 1.16 bits per heavy atom. The van der Waals surface area contributed by atoms with Crippen LogP contribution in [0.15, 0.2) is 40.3 Å². The maximum absolute atomic E-state index is 5.88. The maximum atomic E-state index is 5.88. The molecule has 1 aromatic heterocycles. The SMILES string of the molecule is CNc1cc(Sc2ccc(Cl)cc2)nc(C(C)C)n1. The normalized spacial score (nSPS) is 10.8. The molecule has 0 saturated heterocycles. The van der Waals surface area contributed by atoms with Gasteiger partial charge in [0.25, 0.3) is 0 Å². The first-order chi connectivity index (χ1) is 9.08. The van der Waals surface area contributed by atoms with Crippen molar-refractivity contribution in [3.8, 4) is 0 Å². The molecule has 0 radical (unpaired) electrons. The number of rotatable bonds is 4.